The third-order valence-electron chi connectivity index (χ3n) is 6.25. The van der Waals surface area contributed by atoms with Crippen molar-refractivity contribution in [3.8, 4) is 5.75 Å². The van der Waals surface area contributed by atoms with Crippen molar-refractivity contribution in [2.24, 2.45) is 0 Å². The van der Waals surface area contributed by atoms with Gasteiger partial charge in [0.15, 0.2) is 0 Å². The van der Waals surface area contributed by atoms with Gasteiger partial charge in [0, 0.05) is 42.8 Å². The van der Waals surface area contributed by atoms with Crippen molar-refractivity contribution in [1.82, 2.24) is 15.1 Å². The molecule has 1 aliphatic rings. The summed E-state index contributed by atoms with van der Waals surface area (Å²) >= 11 is 0. The van der Waals surface area contributed by atoms with Crippen molar-refractivity contribution in [2.45, 2.75) is 58.3 Å². The van der Waals surface area contributed by atoms with Gasteiger partial charge in [-0.2, -0.15) is 0 Å². The average molecular weight is 450 g/mol. The van der Waals surface area contributed by atoms with Crippen molar-refractivity contribution < 1.29 is 9.53 Å². The van der Waals surface area contributed by atoms with Crippen LogP contribution in [0, 0.1) is 0 Å². The van der Waals surface area contributed by atoms with Crippen LogP contribution in [0.5, 0.6) is 5.75 Å². The number of methoxy groups -OCH3 is 1. The largest absolute Gasteiger partial charge is 0.497 e. The van der Waals surface area contributed by atoms with Gasteiger partial charge in [-0.05, 0) is 70.0 Å². The van der Waals surface area contributed by atoms with Gasteiger partial charge < -0.3 is 10.1 Å². The van der Waals surface area contributed by atoms with E-state index in [1.807, 2.05) is 51.1 Å². The van der Waals surface area contributed by atoms with Crippen molar-refractivity contribution >= 4 is 5.91 Å². The maximum atomic E-state index is 12.6. The second-order valence-electron chi connectivity index (χ2n) is 10.1. The zero-order valence-corrected chi connectivity index (χ0v) is 21.0. The average Bonchev–Trinajstić information content (AvgIpc) is 2.77. The molecule has 1 amide bonds. The van der Waals surface area contributed by atoms with E-state index in [1.165, 1.54) is 11.1 Å². The van der Waals surface area contributed by atoms with Crippen molar-refractivity contribution in [3.05, 3.63) is 77.9 Å². The van der Waals surface area contributed by atoms with Crippen LogP contribution in [0.4, 0.5) is 0 Å². The summed E-state index contributed by atoms with van der Waals surface area (Å²) in [5.74, 6) is 0.802. The predicted octanol–water partition coefficient (Wildman–Crippen LogP) is 4.89. The predicted molar refractivity (Wildman–Crippen MR) is 136 cm³/mol. The first kappa shape index (κ1) is 25.0. The molecule has 0 saturated carbocycles. The standard InChI is InChI=1S/C28H39N3O2/c1-8-16-30-18-21(3)31(19-20(30)2)26(24-10-9-11-25(17-24)33-7)22-12-14-23(15-13-22)27(32)29-28(4,5)6/h8-15,17,20-21,26H,1,16,18-19H2,2-7H3,(H,29,32)/t20-,21+,26-/m1/s1. The Bertz CT molecular complexity index is 948. The molecule has 3 atom stereocenters. The topological polar surface area (TPSA) is 44.8 Å². The Balaban J connectivity index is 1.96. The van der Waals surface area contributed by atoms with Gasteiger partial charge >= 0.3 is 0 Å². The number of ether oxygens (including phenoxy) is 1. The van der Waals surface area contributed by atoms with Gasteiger partial charge in [0.05, 0.1) is 13.2 Å². The van der Waals surface area contributed by atoms with Gasteiger partial charge in [-0.1, -0.05) is 30.3 Å². The van der Waals surface area contributed by atoms with Crippen LogP contribution in [0.2, 0.25) is 0 Å². The van der Waals surface area contributed by atoms with Gasteiger partial charge in [0.25, 0.3) is 5.91 Å². The summed E-state index contributed by atoms with van der Waals surface area (Å²) in [4.78, 5) is 17.7. The number of hydrogen-bond donors (Lipinski definition) is 1. The maximum Gasteiger partial charge on any atom is 0.251 e. The number of piperazine rings is 1. The van der Waals surface area contributed by atoms with Gasteiger partial charge in [-0.3, -0.25) is 14.6 Å². The molecular weight excluding hydrogens is 410 g/mol. The number of nitrogens with zero attached hydrogens (tertiary/aromatic N) is 2. The van der Waals surface area contributed by atoms with Gasteiger partial charge in [0.1, 0.15) is 5.75 Å². The molecule has 2 aromatic rings. The monoisotopic (exact) mass is 449 g/mol. The molecule has 0 bridgehead atoms. The number of benzene rings is 2. The highest BCUT2D eigenvalue weighted by Crippen LogP contribution is 2.34. The lowest BCUT2D eigenvalue weighted by Crippen LogP contribution is -2.57. The number of rotatable bonds is 7. The highest BCUT2D eigenvalue weighted by atomic mass is 16.5. The number of nitrogens with one attached hydrogen (secondary N) is 1. The molecule has 1 N–H and O–H groups in total. The lowest BCUT2D eigenvalue weighted by Gasteiger charge is -2.47. The summed E-state index contributed by atoms with van der Waals surface area (Å²) in [7, 11) is 1.70. The van der Waals surface area contributed by atoms with E-state index in [-0.39, 0.29) is 17.5 Å². The number of carbonyl (C=O) groups is 1. The van der Waals surface area contributed by atoms with E-state index in [9.17, 15) is 4.79 Å². The first-order valence-electron chi connectivity index (χ1n) is 11.8. The molecule has 1 saturated heterocycles. The Labute approximate surface area is 199 Å². The third-order valence-corrected chi connectivity index (χ3v) is 6.25. The number of hydrogen-bond acceptors (Lipinski definition) is 4. The van der Waals surface area contributed by atoms with E-state index in [1.54, 1.807) is 7.11 Å². The molecule has 0 spiro atoms. The minimum absolute atomic E-state index is 0.0491. The molecule has 178 valence electrons. The molecule has 0 aliphatic carbocycles. The van der Waals surface area contributed by atoms with Crippen LogP contribution in [0.15, 0.2) is 61.2 Å². The van der Waals surface area contributed by atoms with Crippen LogP contribution in [-0.4, -0.2) is 60.1 Å². The summed E-state index contributed by atoms with van der Waals surface area (Å²) < 4.78 is 5.53. The van der Waals surface area contributed by atoms with E-state index in [4.69, 9.17) is 4.74 Å². The molecule has 1 fully saturated rings. The highest BCUT2D eigenvalue weighted by molar-refractivity contribution is 5.94. The van der Waals surface area contributed by atoms with Crippen LogP contribution >= 0.6 is 0 Å². The van der Waals surface area contributed by atoms with Gasteiger partial charge in [0.2, 0.25) is 0 Å². The second kappa shape index (κ2) is 10.5. The van der Waals surface area contributed by atoms with Crippen molar-refractivity contribution in [2.75, 3.05) is 26.7 Å². The summed E-state index contributed by atoms with van der Waals surface area (Å²) in [6.07, 6.45) is 1.99. The van der Waals surface area contributed by atoms with Crippen LogP contribution in [-0.2, 0) is 0 Å². The number of amides is 1. The molecule has 5 heteroatoms. The highest BCUT2D eigenvalue weighted by Gasteiger charge is 2.34. The molecular formula is C28H39N3O2. The van der Waals surface area contributed by atoms with E-state index >= 15 is 0 Å². The second-order valence-corrected chi connectivity index (χ2v) is 10.1. The Morgan fingerprint density at radius 3 is 2.42 bits per heavy atom. The van der Waals surface area contributed by atoms with Gasteiger partial charge in [-0.25, -0.2) is 0 Å². The van der Waals surface area contributed by atoms with Crippen LogP contribution in [0.25, 0.3) is 0 Å². The lowest BCUT2D eigenvalue weighted by molar-refractivity contribution is 0.0306. The molecule has 1 aliphatic heterocycles. The fraction of sp³-hybridized carbons (Fsp3) is 0.464. The van der Waals surface area contributed by atoms with E-state index in [2.05, 4.69) is 59.8 Å². The first-order valence-corrected chi connectivity index (χ1v) is 11.8. The normalized spacial score (nSPS) is 20.8. The fourth-order valence-electron chi connectivity index (χ4n) is 4.62. The minimum Gasteiger partial charge on any atom is -0.497 e. The van der Waals surface area contributed by atoms with Crippen LogP contribution in [0.1, 0.15) is 62.1 Å². The van der Waals surface area contributed by atoms with Gasteiger partial charge in [-0.15, -0.1) is 6.58 Å². The number of carbonyl (C=O) groups excluding carboxylic acids is 1. The molecule has 0 unspecified atom stereocenters. The molecule has 1 heterocycles. The molecule has 3 rings (SSSR count). The molecule has 33 heavy (non-hydrogen) atoms. The third kappa shape index (κ3) is 6.24. The van der Waals surface area contributed by atoms with Crippen molar-refractivity contribution in [1.29, 1.82) is 0 Å². The summed E-state index contributed by atoms with van der Waals surface area (Å²) in [6, 6.07) is 17.2. The maximum absolute atomic E-state index is 12.6. The smallest absolute Gasteiger partial charge is 0.251 e. The first-order chi connectivity index (χ1) is 15.6. The zero-order chi connectivity index (χ0) is 24.2. The minimum atomic E-state index is -0.268. The van der Waals surface area contributed by atoms with Crippen LogP contribution in [0.3, 0.4) is 0 Å². The Morgan fingerprint density at radius 1 is 1.12 bits per heavy atom. The Hall–Kier alpha value is -2.63. The fourth-order valence-corrected chi connectivity index (χ4v) is 4.62. The molecule has 0 radical (unpaired) electrons. The van der Waals surface area contributed by atoms with Crippen LogP contribution < -0.4 is 10.1 Å². The van der Waals surface area contributed by atoms with E-state index in [0.717, 1.165) is 25.4 Å². The Morgan fingerprint density at radius 2 is 1.82 bits per heavy atom. The summed E-state index contributed by atoms with van der Waals surface area (Å²) in [5.41, 5.74) is 2.77. The van der Waals surface area contributed by atoms with Crippen molar-refractivity contribution in [3.63, 3.8) is 0 Å². The SMILES string of the molecule is C=CCN1C[C@H](C)N([C@H](c2ccc(C(=O)NC(C)(C)C)cc2)c2cccc(OC)c2)C[C@H]1C. The molecule has 5 nitrogen and oxygen atoms in total. The quantitative estimate of drug-likeness (QED) is 0.611. The van der Waals surface area contributed by atoms with E-state index < -0.39 is 0 Å². The lowest BCUT2D eigenvalue weighted by atomic mass is 9.92. The zero-order valence-electron chi connectivity index (χ0n) is 21.0. The molecule has 0 aromatic heterocycles. The Kier molecular flexibility index (Phi) is 7.98. The summed E-state index contributed by atoms with van der Waals surface area (Å²) in [5, 5.41) is 3.04. The van der Waals surface area contributed by atoms with E-state index in [0.29, 0.717) is 17.6 Å². The summed E-state index contributed by atoms with van der Waals surface area (Å²) in [6.45, 7) is 17.3. The molecule has 2 aromatic carbocycles.